The Morgan fingerprint density at radius 3 is 2.21 bits per heavy atom. The Labute approximate surface area is 141 Å². The van der Waals surface area contributed by atoms with E-state index in [2.05, 4.69) is 6.58 Å². The fourth-order valence-electron chi connectivity index (χ4n) is 2.39. The first-order chi connectivity index (χ1) is 11.6. The second-order valence-corrected chi connectivity index (χ2v) is 5.24. The Morgan fingerprint density at radius 2 is 1.67 bits per heavy atom. The average molecular weight is 319 g/mol. The molecule has 0 bridgehead atoms. The van der Waals surface area contributed by atoms with E-state index in [1.165, 1.54) is 6.08 Å². The zero-order chi connectivity index (χ0) is 17.4. The summed E-state index contributed by atoms with van der Waals surface area (Å²) in [6, 6.07) is 19.1. The molecule has 0 aromatic heterocycles. The smallest absolute Gasteiger partial charge is 0.331 e. The van der Waals surface area contributed by atoms with Crippen LogP contribution < -0.4 is 0 Å². The third-order valence-electron chi connectivity index (χ3n) is 3.66. The van der Waals surface area contributed by atoms with E-state index in [0.717, 1.165) is 0 Å². The number of ether oxygens (including phenoxy) is 1. The highest BCUT2D eigenvalue weighted by molar-refractivity contribution is 6.02. The predicted molar refractivity (Wildman–Crippen MR) is 90.3 cm³/mol. The Hall–Kier alpha value is -3.19. The number of hydrogen-bond donors (Lipinski definition) is 0. The van der Waals surface area contributed by atoms with Crippen molar-refractivity contribution < 1.29 is 14.3 Å². The van der Waals surface area contributed by atoms with Gasteiger partial charge in [-0.2, -0.15) is 5.26 Å². The SMILES string of the molecule is C=CCOC(=O)C(C#N)(CC(=O)c1ccccc1)c1ccccc1. The molecule has 24 heavy (non-hydrogen) atoms. The lowest BCUT2D eigenvalue weighted by Gasteiger charge is -2.24. The van der Waals surface area contributed by atoms with Crippen LogP contribution in [0, 0.1) is 11.3 Å². The van der Waals surface area contributed by atoms with Gasteiger partial charge >= 0.3 is 5.97 Å². The quantitative estimate of drug-likeness (QED) is 0.445. The van der Waals surface area contributed by atoms with E-state index >= 15 is 0 Å². The van der Waals surface area contributed by atoms with Gasteiger partial charge in [0, 0.05) is 12.0 Å². The lowest BCUT2D eigenvalue weighted by Crippen LogP contribution is -2.38. The van der Waals surface area contributed by atoms with Gasteiger partial charge in [-0.25, -0.2) is 4.79 Å². The number of benzene rings is 2. The summed E-state index contributed by atoms with van der Waals surface area (Å²) in [5.74, 6) is -1.04. The molecule has 0 N–H and O–H groups in total. The Kier molecular flexibility index (Phi) is 5.64. The molecule has 0 fully saturated rings. The molecule has 0 spiro atoms. The van der Waals surface area contributed by atoms with Gasteiger partial charge in [0.05, 0.1) is 6.07 Å². The number of Topliss-reactive ketones (excluding diaryl/α,β-unsaturated/α-hetero) is 1. The summed E-state index contributed by atoms with van der Waals surface area (Å²) >= 11 is 0. The van der Waals surface area contributed by atoms with Crippen LogP contribution in [0.15, 0.2) is 73.3 Å². The molecule has 1 unspecified atom stereocenters. The van der Waals surface area contributed by atoms with Gasteiger partial charge in [-0.15, -0.1) is 0 Å². The molecular weight excluding hydrogens is 302 g/mol. The van der Waals surface area contributed by atoms with E-state index in [1.807, 2.05) is 6.07 Å². The van der Waals surface area contributed by atoms with Crippen molar-refractivity contribution in [2.75, 3.05) is 6.61 Å². The molecule has 2 aromatic carbocycles. The summed E-state index contributed by atoms with van der Waals surface area (Å²) in [7, 11) is 0. The first kappa shape index (κ1) is 17.2. The molecule has 0 aliphatic rings. The van der Waals surface area contributed by atoms with Crippen molar-refractivity contribution >= 4 is 11.8 Å². The second kappa shape index (κ2) is 7.89. The van der Waals surface area contributed by atoms with Crippen LogP contribution >= 0.6 is 0 Å². The van der Waals surface area contributed by atoms with Crippen LogP contribution in [-0.2, 0) is 14.9 Å². The van der Waals surface area contributed by atoms with Crippen molar-refractivity contribution in [1.82, 2.24) is 0 Å². The molecule has 0 aliphatic heterocycles. The average Bonchev–Trinajstić information content (AvgIpc) is 2.65. The van der Waals surface area contributed by atoms with Crippen LogP contribution in [0.5, 0.6) is 0 Å². The van der Waals surface area contributed by atoms with Crippen LogP contribution in [0.25, 0.3) is 0 Å². The fourth-order valence-corrected chi connectivity index (χ4v) is 2.39. The van der Waals surface area contributed by atoms with E-state index in [0.29, 0.717) is 11.1 Å². The van der Waals surface area contributed by atoms with Crippen LogP contribution in [0.4, 0.5) is 0 Å². The van der Waals surface area contributed by atoms with E-state index < -0.39 is 11.4 Å². The third kappa shape index (κ3) is 3.58. The number of esters is 1. The minimum Gasteiger partial charge on any atom is -0.460 e. The van der Waals surface area contributed by atoms with E-state index in [-0.39, 0.29) is 18.8 Å². The van der Waals surface area contributed by atoms with Crippen molar-refractivity contribution in [1.29, 1.82) is 5.26 Å². The summed E-state index contributed by atoms with van der Waals surface area (Å²) in [5, 5.41) is 9.77. The summed E-state index contributed by atoms with van der Waals surface area (Å²) < 4.78 is 5.11. The molecule has 0 heterocycles. The number of nitrogens with zero attached hydrogens (tertiary/aromatic N) is 1. The van der Waals surface area contributed by atoms with Gasteiger partial charge < -0.3 is 4.74 Å². The van der Waals surface area contributed by atoms with Crippen LogP contribution in [0.3, 0.4) is 0 Å². The molecule has 4 heteroatoms. The summed E-state index contributed by atoms with van der Waals surface area (Å²) in [4.78, 5) is 25.2. The molecular formula is C20H17NO3. The Balaban J connectivity index is 2.42. The first-order valence-corrected chi connectivity index (χ1v) is 7.47. The maximum absolute atomic E-state index is 12.6. The van der Waals surface area contributed by atoms with E-state index in [9.17, 15) is 14.9 Å². The molecule has 2 rings (SSSR count). The monoisotopic (exact) mass is 319 g/mol. The highest BCUT2D eigenvalue weighted by atomic mass is 16.5. The maximum Gasteiger partial charge on any atom is 0.331 e. The summed E-state index contributed by atoms with van der Waals surface area (Å²) in [6.07, 6.45) is 1.14. The Bertz CT molecular complexity index is 762. The predicted octanol–water partition coefficient (Wildman–Crippen LogP) is 3.45. The second-order valence-electron chi connectivity index (χ2n) is 5.24. The van der Waals surface area contributed by atoms with Crippen molar-refractivity contribution in [3.05, 3.63) is 84.4 Å². The lowest BCUT2D eigenvalue weighted by molar-refractivity contribution is -0.147. The van der Waals surface area contributed by atoms with Gasteiger partial charge in [0.1, 0.15) is 6.61 Å². The maximum atomic E-state index is 12.6. The van der Waals surface area contributed by atoms with E-state index in [4.69, 9.17) is 4.74 Å². The zero-order valence-electron chi connectivity index (χ0n) is 13.1. The number of ketones is 1. The van der Waals surface area contributed by atoms with Crippen molar-refractivity contribution in [3.63, 3.8) is 0 Å². The van der Waals surface area contributed by atoms with Crippen molar-refractivity contribution in [2.45, 2.75) is 11.8 Å². The molecule has 2 aromatic rings. The summed E-state index contributed by atoms with van der Waals surface area (Å²) in [5.41, 5.74) is -0.799. The van der Waals surface area contributed by atoms with Gasteiger partial charge in [0.25, 0.3) is 0 Å². The molecule has 120 valence electrons. The molecule has 0 saturated carbocycles. The number of hydrogen-bond acceptors (Lipinski definition) is 4. The van der Waals surface area contributed by atoms with Gasteiger partial charge in [0.2, 0.25) is 0 Å². The molecule has 0 radical (unpaired) electrons. The normalized spacial score (nSPS) is 12.5. The number of nitriles is 1. The van der Waals surface area contributed by atoms with E-state index in [1.54, 1.807) is 60.7 Å². The van der Waals surface area contributed by atoms with Gasteiger partial charge in [-0.05, 0) is 5.56 Å². The largest absolute Gasteiger partial charge is 0.460 e. The molecule has 0 amide bonds. The van der Waals surface area contributed by atoms with Gasteiger partial charge in [0.15, 0.2) is 11.2 Å². The zero-order valence-corrected chi connectivity index (χ0v) is 13.1. The van der Waals surface area contributed by atoms with Crippen molar-refractivity contribution in [2.24, 2.45) is 0 Å². The molecule has 4 nitrogen and oxygen atoms in total. The van der Waals surface area contributed by atoms with Crippen LogP contribution in [0.1, 0.15) is 22.3 Å². The van der Waals surface area contributed by atoms with Crippen LogP contribution in [-0.4, -0.2) is 18.4 Å². The molecule has 0 aliphatic carbocycles. The standard InChI is InChI=1S/C20H17NO3/c1-2-13-24-19(23)20(15-21,17-11-7-4-8-12-17)14-18(22)16-9-5-3-6-10-16/h2-12H,1,13-14H2. The minimum absolute atomic E-state index is 0.0192. The highest BCUT2D eigenvalue weighted by Gasteiger charge is 2.44. The molecule has 0 saturated heterocycles. The van der Waals surface area contributed by atoms with Gasteiger partial charge in [-0.1, -0.05) is 73.3 Å². The fraction of sp³-hybridized carbons (Fsp3) is 0.150. The van der Waals surface area contributed by atoms with Crippen LogP contribution in [0.2, 0.25) is 0 Å². The first-order valence-electron chi connectivity index (χ1n) is 7.47. The molecule has 1 atom stereocenters. The number of rotatable bonds is 7. The number of carbonyl (C=O) groups excluding carboxylic acids is 2. The van der Waals surface area contributed by atoms with Gasteiger partial charge in [-0.3, -0.25) is 4.79 Å². The lowest BCUT2D eigenvalue weighted by atomic mass is 9.76. The highest BCUT2D eigenvalue weighted by Crippen LogP contribution is 2.31. The number of carbonyl (C=O) groups is 2. The minimum atomic E-state index is -1.68. The third-order valence-corrected chi connectivity index (χ3v) is 3.66. The Morgan fingerprint density at radius 1 is 1.08 bits per heavy atom. The van der Waals surface area contributed by atoms with Crippen molar-refractivity contribution in [3.8, 4) is 6.07 Å². The topological polar surface area (TPSA) is 67.2 Å². The summed E-state index contributed by atoms with van der Waals surface area (Å²) in [6.45, 7) is 3.48.